The molecule has 5 nitrogen and oxygen atoms in total. The van der Waals surface area contributed by atoms with Crippen molar-refractivity contribution in [1.29, 1.82) is 0 Å². The summed E-state index contributed by atoms with van der Waals surface area (Å²) in [5.74, 6) is 1.54. The molecule has 0 radical (unpaired) electrons. The fourth-order valence-corrected chi connectivity index (χ4v) is 4.88. The molecule has 2 unspecified atom stereocenters. The maximum Gasteiger partial charge on any atom is 0.166 e. The monoisotopic (exact) mass is 395 g/mol. The summed E-state index contributed by atoms with van der Waals surface area (Å²) in [4.78, 5) is 2.27. The third-order valence-corrected chi connectivity index (χ3v) is 6.24. The summed E-state index contributed by atoms with van der Waals surface area (Å²) in [6.07, 6.45) is 4.98. The van der Waals surface area contributed by atoms with Gasteiger partial charge in [0.05, 0.1) is 25.2 Å². The lowest BCUT2D eigenvalue weighted by Gasteiger charge is -2.35. The SMILES string of the molecule is COc1cc(Br)c2c3c1OC1C[C@@H](O)C=CC31CCN(CCO)C2. The second kappa shape index (κ2) is 6.02. The van der Waals surface area contributed by atoms with Crippen LogP contribution in [0.3, 0.4) is 0 Å². The van der Waals surface area contributed by atoms with Gasteiger partial charge < -0.3 is 19.7 Å². The smallest absolute Gasteiger partial charge is 0.166 e. The van der Waals surface area contributed by atoms with Gasteiger partial charge in [0.25, 0.3) is 0 Å². The number of aliphatic hydroxyl groups is 2. The molecule has 0 fully saturated rings. The minimum absolute atomic E-state index is 0.0801. The van der Waals surface area contributed by atoms with Crippen molar-refractivity contribution in [3.63, 3.8) is 0 Å². The Labute approximate surface area is 150 Å². The van der Waals surface area contributed by atoms with E-state index in [2.05, 4.69) is 26.9 Å². The normalized spacial score (nSPS) is 31.2. The summed E-state index contributed by atoms with van der Waals surface area (Å²) < 4.78 is 12.9. The van der Waals surface area contributed by atoms with Crippen LogP contribution in [0.15, 0.2) is 22.7 Å². The van der Waals surface area contributed by atoms with Crippen molar-refractivity contribution >= 4 is 15.9 Å². The van der Waals surface area contributed by atoms with Gasteiger partial charge in [-0.05, 0) is 24.6 Å². The van der Waals surface area contributed by atoms with Gasteiger partial charge in [-0.15, -0.1) is 0 Å². The van der Waals surface area contributed by atoms with E-state index in [1.165, 1.54) is 11.1 Å². The zero-order valence-corrected chi connectivity index (χ0v) is 15.3. The minimum Gasteiger partial charge on any atom is -0.493 e. The van der Waals surface area contributed by atoms with Gasteiger partial charge >= 0.3 is 0 Å². The van der Waals surface area contributed by atoms with Crippen molar-refractivity contribution in [3.05, 3.63) is 33.8 Å². The number of rotatable bonds is 3. The number of aliphatic hydroxyl groups excluding tert-OH is 2. The summed E-state index contributed by atoms with van der Waals surface area (Å²) in [6.45, 7) is 2.45. The van der Waals surface area contributed by atoms with Crippen LogP contribution in [-0.4, -0.2) is 54.1 Å². The number of nitrogens with zero attached hydrogens (tertiary/aromatic N) is 1. The maximum absolute atomic E-state index is 10.1. The van der Waals surface area contributed by atoms with E-state index < -0.39 is 6.10 Å². The lowest BCUT2D eigenvalue weighted by atomic mass is 9.69. The standard InChI is InChI=1S/C18H22BrNO4/c1-23-14-9-13(19)12-10-20(6-7-21)5-4-18-3-2-11(22)8-15(18)24-17(14)16(12)18/h2-3,9,11,15,21-22H,4-8,10H2,1H3/t11-,15?,18?/m0/s1. The third kappa shape index (κ3) is 2.31. The molecule has 1 aromatic carbocycles. The largest absolute Gasteiger partial charge is 0.493 e. The van der Waals surface area contributed by atoms with E-state index in [1.54, 1.807) is 7.11 Å². The summed E-state index contributed by atoms with van der Waals surface area (Å²) in [7, 11) is 1.65. The molecule has 6 heteroatoms. The lowest BCUT2D eigenvalue weighted by Crippen LogP contribution is -2.43. The van der Waals surface area contributed by atoms with Crippen LogP contribution in [0, 0.1) is 0 Å². The van der Waals surface area contributed by atoms with Crippen LogP contribution in [-0.2, 0) is 12.0 Å². The van der Waals surface area contributed by atoms with Crippen LogP contribution < -0.4 is 9.47 Å². The van der Waals surface area contributed by atoms with Gasteiger partial charge in [-0.25, -0.2) is 0 Å². The summed E-state index contributed by atoms with van der Waals surface area (Å²) >= 11 is 3.70. The van der Waals surface area contributed by atoms with Crippen LogP contribution in [0.2, 0.25) is 0 Å². The van der Waals surface area contributed by atoms with E-state index in [0.29, 0.717) is 13.0 Å². The Balaban J connectivity index is 1.92. The van der Waals surface area contributed by atoms with Crippen LogP contribution >= 0.6 is 15.9 Å². The first kappa shape index (κ1) is 16.4. The number of β-amino-alcohol motifs (C(OH)–C–C–N with tert-alkyl or cyclic N) is 1. The predicted octanol–water partition coefficient (Wildman–Crippen LogP) is 1.98. The summed E-state index contributed by atoms with van der Waals surface area (Å²) in [6, 6.07) is 1.96. The Morgan fingerprint density at radius 2 is 2.33 bits per heavy atom. The number of methoxy groups -OCH3 is 1. The second-order valence-electron chi connectivity index (χ2n) is 6.80. The van der Waals surface area contributed by atoms with E-state index in [9.17, 15) is 10.2 Å². The first-order valence-corrected chi connectivity index (χ1v) is 9.15. The molecule has 130 valence electrons. The molecule has 0 aromatic heterocycles. The molecule has 0 bridgehead atoms. The maximum atomic E-state index is 10.1. The molecular weight excluding hydrogens is 374 g/mol. The third-order valence-electron chi connectivity index (χ3n) is 5.53. The van der Waals surface area contributed by atoms with Gasteiger partial charge in [-0.2, -0.15) is 0 Å². The highest BCUT2D eigenvalue weighted by Crippen LogP contribution is 2.57. The highest BCUT2D eigenvalue weighted by molar-refractivity contribution is 9.10. The zero-order chi connectivity index (χ0) is 16.9. The number of benzene rings is 1. The van der Waals surface area contributed by atoms with E-state index in [-0.39, 0.29) is 18.1 Å². The van der Waals surface area contributed by atoms with Crippen molar-refractivity contribution in [3.8, 4) is 11.5 Å². The molecule has 4 rings (SSSR count). The molecule has 3 aliphatic rings. The Morgan fingerprint density at radius 3 is 3.08 bits per heavy atom. The van der Waals surface area contributed by atoms with Crippen LogP contribution in [0.1, 0.15) is 24.0 Å². The van der Waals surface area contributed by atoms with Gasteiger partial charge in [0.2, 0.25) is 0 Å². The van der Waals surface area contributed by atoms with Gasteiger partial charge in [0.1, 0.15) is 6.10 Å². The molecule has 2 aliphatic heterocycles. The van der Waals surface area contributed by atoms with Crippen molar-refractivity contribution in [1.82, 2.24) is 4.90 Å². The number of ether oxygens (including phenoxy) is 2. The Morgan fingerprint density at radius 1 is 1.50 bits per heavy atom. The topological polar surface area (TPSA) is 62.2 Å². The van der Waals surface area contributed by atoms with Gasteiger partial charge in [-0.1, -0.05) is 28.1 Å². The number of hydrogen-bond donors (Lipinski definition) is 2. The molecule has 1 aliphatic carbocycles. The minimum atomic E-state index is -0.468. The fraction of sp³-hybridized carbons (Fsp3) is 0.556. The van der Waals surface area contributed by atoms with E-state index in [4.69, 9.17) is 9.47 Å². The first-order chi connectivity index (χ1) is 11.6. The van der Waals surface area contributed by atoms with Crippen molar-refractivity contribution < 1.29 is 19.7 Å². The number of hydrogen-bond acceptors (Lipinski definition) is 5. The molecule has 2 heterocycles. The fourth-order valence-electron chi connectivity index (χ4n) is 4.35. The Kier molecular flexibility index (Phi) is 4.11. The molecular formula is C18H22BrNO4. The predicted molar refractivity (Wildman–Crippen MR) is 93.5 cm³/mol. The van der Waals surface area contributed by atoms with Crippen molar-refractivity contribution in [2.45, 2.75) is 37.0 Å². The summed E-state index contributed by atoms with van der Waals surface area (Å²) in [5.41, 5.74) is 2.15. The highest BCUT2D eigenvalue weighted by atomic mass is 79.9. The van der Waals surface area contributed by atoms with Crippen LogP contribution in [0.4, 0.5) is 0 Å². The lowest BCUT2D eigenvalue weighted by molar-refractivity contribution is 0.0799. The van der Waals surface area contributed by atoms with Crippen LogP contribution in [0.5, 0.6) is 11.5 Å². The molecule has 1 aromatic rings. The zero-order valence-electron chi connectivity index (χ0n) is 13.7. The van der Waals surface area contributed by atoms with Gasteiger partial charge in [-0.3, -0.25) is 4.90 Å². The van der Waals surface area contributed by atoms with E-state index in [0.717, 1.165) is 35.5 Å². The average Bonchev–Trinajstić information content (AvgIpc) is 2.79. The van der Waals surface area contributed by atoms with Gasteiger partial charge in [0, 0.05) is 29.5 Å². The number of halogens is 1. The van der Waals surface area contributed by atoms with Gasteiger partial charge in [0.15, 0.2) is 11.5 Å². The highest BCUT2D eigenvalue weighted by Gasteiger charge is 2.53. The quantitative estimate of drug-likeness (QED) is 0.766. The van der Waals surface area contributed by atoms with Crippen molar-refractivity contribution in [2.75, 3.05) is 26.8 Å². The molecule has 0 amide bonds. The van der Waals surface area contributed by atoms with E-state index in [1.807, 2.05) is 12.1 Å². The van der Waals surface area contributed by atoms with Crippen molar-refractivity contribution in [2.24, 2.45) is 0 Å². The molecule has 2 N–H and O–H groups in total. The average molecular weight is 396 g/mol. The van der Waals surface area contributed by atoms with Crippen LogP contribution in [0.25, 0.3) is 0 Å². The molecule has 3 atom stereocenters. The molecule has 0 saturated heterocycles. The first-order valence-electron chi connectivity index (χ1n) is 8.36. The van der Waals surface area contributed by atoms with E-state index >= 15 is 0 Å². The second-order valence-corrected chi connectivity index (χ2v) is 7.66. The summed E-state index contributed by atoms with van der Waals surface area (Å²) in [5, 5.41) is 19.4. The Bertz CT molecular complexity index is 692. The Hall–Kier alpha value is -1.08. The molecule has 24 heavy (non-hydrogen) atoms. The molecule has 1 spiro atoms. The molecule has 0 saturated carbocycles.